The van der Waals surface area contributed by atoms with Gasteiger partial charge >= 0.3 is 0 Å². The fourth-order valence-corrected chi connectivity index (χ4v) is 3.02. The largest absolute Gasteiger partial charge is 0.305 e. The summed E-state index contributed by atoms with van der Waals surface area (Å²) in [6.45, 7) is 6.13. The van der Waals surface area contributed by atoms with Gasteiger partial charge in [-0.25, -0.2) is 0 Å². The number of rotatable bonds is 6. The van der Waals surface area contributed by atoms with Crippen molar-refractivity contribution in [2.75, 3.05) is 6.54 Å². The number of aryl methyl sites for hydroxylation is 1. The highest BCUT2D eigenvalue weighted by atomic mass is 79.9. The third-order valence-corrected chi connectivity index (χ3v) is 4.35. The van der Waals surface area contributed by atoms with Crippen molar-refractivity contribution in [3.8, 4) is 0 Å². The van der Waals surface area contributed by atoms with Gasteiger partial charge < -0.3 is 5.32 Å². The molecule has 1 atom stereocenters. The number of benzene rings is 1. The van der Waals surface area contributed by atoms with Crippen molar-refractivity contribution in [2.24, 2.45) is 0 Å². The smallest absolute Gasteiger partial charge is 0.0759 e. The van der Waals surface area contributed by atoms with Gasteiger partial charge in [0.1, 0.15) is 0 Å². The molecule has 2 aromatic rings. The molecule has 0 radical (unpaired) electrons. The fraction of sp³-hybridized carbons (Fsp3) is 0.400. The minimum atomic E-state index is 0.153. The van der Waals surface area contributed by atoms with Crippen molar-refractivity contribution < 1.29 is 0 Å². The molecule has 20 heavy (non-hydrogen) atoms. The molecule has 1 heterocycles. The summed E-state index contributed by atoms with van der Waals surface area (Å²) in [5.74, 6) is 0. The van der Waals surface area contributed by atoms with Gasteiger partial charge in [0.15, 0.2) is 0 Å². The van der Waals surface area contributed by atoms with E-state index in [4.69, 9.17) is 0 Å². The van der Waals surface area contributed by atoms with Crippen molar-refractivity contribution in [1.29, 1.82) is 0 Å². The van der Waals surface area contributed by atoms with Crippen LogP contribution in [0.5, 0.6) is 0 Å². The molecule has 1 N–H and O–H groups in total. The molecule has 0 aliphatic heterocycles. The molecular weight excluding hydrogens is 382 g/mol. The van der Waals surface area contributed by atoms with E-state index in [1.807, 2.05) is 10.9 Å². The van der Waals surface area contributed by atoms with Crippen LogP contribution in [-0.2, 0) is 6.54 Å². The summed E-state index contributed by atoms with van der Waals surface area (Å²) in [5, 5.41) is 8.04. The zero-order valence-electron chi connectivity index (χ0n) is 11.7. The Morgan fingerprint density at radius 2 is 1.90 bits per heavy atom. The number of halogens is 2. The normalized spacial score (nSPS) is 12.6. The molecule has 0 aliphatic carbocycles. The molecule has 0 bridgehead atoms. The van der Waals surface area contributed by atoms with Gasteiger partial charge in [0.25, 0.3) is 0 Å². The average Bonchev–Trinajstić information content (AvgIpc) is 2.82. The Bertz CT molecular complexity index is 549. The fourth-order valence-electron chi connectivity index (χ4n) is 2.23. The summed E-state index contributed by atoms with van der Waals surface area (Å²) in [5.41, 5.74) is 2.43. The van der Waals surface area contributed by atoms with E-state index in [1.165, 1.54) is 11.3 Å². The summed E-state index contributed by atoms with van der Waals surface area (Å²) in [7, 11) is 0. The van der Waals surface area contributed by atoms with Gasteiger partial charge in [0, 0.05) is 11.0 Å². The predicted molar refractivity (Wildman–Crippen MR) is 89.9 cm³/mol. The molecule has 3 nitrogen and oxygen atoms in total. The van der Waals surface area contributed by atoms with E-state index in [1.54, 1.807) is 0 Å². The van der Waals surface area contributed by atoms with E-state index in [9.17, 15) is 0 Å². The van der Waals surface area contributed by atoms with Gasteiger partial charge in [0.2, 0.25) is 0 Å². The SMILES string of the molecule is CCCNC(c1ccc(Br)cc1)c1c(Br)cnn1CC. The van der Waals surface area contributed by atoms with Gasteiger partial charge in [-0.05, 0) is 53.5 Å². The van der Waals surface area contributed by atoms with E-state index in [0.717, 1.165) is 28.5 Å². The summed E-state index contributed by atoms with van der Waals surface area (Å²) >= 11 is 7.12. The highest BCUT2D eigenvalue weighted by molar-refractivity contribution is 9.10. The van der Waals surface area contributed by atoms with Crippen LogP contribution < -0.4 is 5.32 Å². The highest BCUT2D eigenvalue weighted by Gasteiger charge is 2.20. The summed E-state index contributed by atoms with van der Waals surface area (Å²) < 4.78 is 4.19. The molecule has 0 spiro atoms. The average molecular weight is 401 g/mol. The summed E-state index contributed by atoms with van der Waals surface area (Å²) in [6.07, 6.45) is 2.98. The molecule has 1 unspecified atom stereocenters. The Labute approximate surface area is 137 Å². The molecule has 2 rings (SSSR count). The summed E-state index contributed by atoms with van der Waals surface area (Å²) in [6, 6.07) is 8.61. The van der Waals surface area contributed by atoms with Crippen LogP contribution in [0.4, 0.5) is 0 Å². The number of aromatic nitrogens is 2. The minimum Gasteiger partial charge on any atom is -0.305 e. The van der Waals surface area contributed by atoms with Crippen molar-refractivity contribution in [3.05, 3.63) is 50.7 Å². The maximum absolute atomic E-state index is 4.43. The maximum atomic E-state index is 4.43. The second kappa shape index (κ2) is 7.38. The number of nitrogens with one attached hydrogen (secondary N) is 1. The molecule has 1 aromatic heterocycles. The Balaban J connectivity index is 2.41. The molecule has 1 aromatic carbocycles. The lowest BCUT2D eigenvalue weighted by Crippen LogP contribution is -2.26. The summed E-state index contributed by atoms with van der Waals surface area (Å²) in [4.78, 5) is 0. The van der Waals surface area contributed by atoms with E-state index < -0.39 is 0 Å². The predicted octanol–water partition coefficient (Wildman–Crippen LogP) is 4.52. The molecule has 0 fully saturated rings. The molecule has 0 amide bonds. The third kappa shape index (κ3) is 3.51. The Hall–Kier alpha value is -0.650. The van der Waals surface area contributed by atoms with Crippen molar-refractivity contribution in [3.63, 3.8) is 0 Å². The van der Waals surface area contributed by atoms with E-state index >= 15 is 0 Å². The monoisotopic (exact) mass is 399 g/mol. The zero-order valence-corrected chi connectivity index (χ0v) is 14.9. The first-order valence-electron chi connectivity index (χ1n) is 6.87. The van der Waals surface area contributed by atoms with Crippen molar-refractivity contribution in [1.82, 2.24) is 15.1 Å². The van der Waals surface area contributed by atoms with Gasteiger partial charge in [-0.15, -0.1) is 0 Å². The van der Waals surface area contributed by atoms with E-state index in [0.29, 0.717) is 0 Å². The van der Waals surface area contributed by atoms with Crippen molar-refractivity contribution in [2.45, 2.75) is 32.9 Å². The first-order chi connectivity index (χ1) is 9.67. The molecule has 0 saturated carbocycles. The van der Waals surface area contributed by atoms with E-state index in [-0.39, 0.29) is 6.04 Å². The van der Waals surface area contributed by atoms with Gasteiger partial charge in [-0.2, -0.15) is 5.10 Å². The van der Waals surface area contributed by atoms with Crippen LogP contribution in [0.2, 0.25) is 0 Å². The molecular formula is C15H19Br2N3. The van der Waals surface area contributed by atoms with Gasteiger partial charge in [-0.1, -0.05) is 35.0 Å². The third-order valence-electron chi connectivity index (χ3n) is 3.21. The maximum Gasteiger partial charge on any atom is 0.0759 e. The lowest BCUT2D eigenvalue weighted by molar-refractivity contribution is 0.528. The van der Waals surface area contributed by atoms with Crippen LogP contribution in [0.15, 0.2) is 39.4 Å². The molecule has 0 saturated heterocycles. The molecule has 0 aliphatic rings. The standard InChI is InChI=1S/C15H19Br2N3/c1-3-9-18-14(11-5-7-12(16)8-6-11)15-13(17)10-19-20(15)4-2/h5-8,10,14,18H,3-4,9H2,1-2H3. The second-order valence-corrected chi connectivity index (χ2v) is 6.40. The topological polar surface area (TPSA) is 29.9 Å². The highest BCUT2D eigenvalue weighted by Crippen LogP contribution is 2.29. The Morgan fingerprint density at radius 1 is 1.20 bits per heavy atom. The first-order valence-corrected chi connectivity index (χ1v) is 8.46. The van der Waals surface area contributed by atoms with Crippen LogP contribution >= 0.6 is 31.9 Å². The zero-order chi connectivity index (χ0) is 14.5. The van der Waals surface area contributed by atoms with Gasteiger partial charge in [0.05, 0.1) is 22.4 Å². The van der Waals surface area contributed by atoms with Crippen LogP contribution in [0.1, 0.15) is 37.6 Å². The van der Waals surface area contributed by atoms with Crippen LogP contribution in [-0.4, -0.2) is 16.3 Å². The van der Waals surface area contributed by atoms with Crippen molar-refractivity contribution >= 4 is 31.9 Å². The minimum absolute atomic E-state index is 0.153. The Morgan fingerprint density at radius 3 is 2.50 bits per heavy atom. The quantitative estimate of drug-likeness (QED) is 0.772. The number of hydrogen-bond acceptors (Lipinski definition) is 2. The number of hydrogen-bond donors (Lipinski definition) is 1. The lowest BCUT2D eigenvalue weighted by Gasteiger charge is -2.21. The van der Waals surface area contributed by atoms with Crippen LogP contribution in [0.25, 0.3) is 0 Å². The number of nitrogens with zero attached hydrogens (tertiary/aromatic N) is 2. The first kappa shape index (κ1) is 15.7. The molecule has 5 heteroatoms. The van der Waals surface area contributed by atoms with E-state index in [2.05, 4.69) is 80.4 Å². The van der Waals surface area contributed by atoms with Crippen LogP contribution in [0, 0.1) is 0 Å². The Kier molecular flexibility index (Phi) is 5.81. The lowest BCUT2D eigenvalue weighted by atomic mass is 10.0. The second-order valence-electron chi connectivity index (χ2n) is 4.63. The van der Waals surface area contributed by atoms with Crippen LogP contribution in [0.3, 0.4) is 0 Å². The molecule has 108 valence electrons. The van der Waals surface area contributed by atoms with Gasteiger partial charge in [-0.3, -0.25) is 4.68 Å².